The summed E-state index contributed by atoms with van der Waals surface area (Å²) < 4.78 is 10.2. The second kappa shape index (κ2) is 8.04. The van der Waals surface area contributed by atoms with Gasteiger partial charge in [0.2, 0.25) is 0 Å². The third kappa shape index (κ3) is 3.93. The summed E-state index contributed by atoms with van der Waals surface area (Å²) in [4.78, 5) is 29.8. The number of fused-ring (bicyclic) bond motifs is 1. The number of furan rings is 1. The summed E-state index contributed by atoms with van der Waals surface area (Å²) in [5.41, 5.74) is 6.83. The molecule has 1 heterocycles. The minimum Gasteiger partial charge on any atom is -0.497 e. The van der Waals surface area contributed by atoms with Crippen molar-refractivity contribution in [3.8, 4) is 5.75 Å². The minimum absolute atomic E-state index is 0.573. The van der Waals surface area contributed by atoms with Gasteiger partial charge in [0.25, 0.3) is 0 Å². The molecule has 7 nitrogen and oxygen atoms in total. The van der Waals surface area contributed by atoms with E-state index in [1.54, 1.807) is 27.0 Å². The molecule has 1 aromatic heterocycles. The first-order valence-electron chi connectivity index (χ1n) is 8.81. The van der Waals surface area contributed by atoms with Crippen LogP contribution in [0.1, 0.15) is 36.9 Å². The summed E-state index contributed by atoms with van der Waals surface area (Å²) in [5, 5.41) is 2.82. The molecular formula is C21H22N2O5. The third-order valence-corrected chi connectivity index (χ3v) is 4.71. The molecule has 2 aromatic carbocycles. The molecule has 0 saturated heterocycles. The molecule has 3 rings (SSSR count). The van der Waals surface area contributed by atoms with Crippen LogP contribution in [0, 0.1) is 0 Å². The smallest absolute Gasteiger partial charge is 0.348 e. The Bertz CT molecular complexity index is 984. The van der Waals surface area contributed by atoms with Gasteiger partial charge in [-0.1, -0.05) is 24.3 Å². The van der Waals surface area contributed by atoms with Gasteiger partial charge in [-0.3, -0.25) is 0 Å². The van der Waals surface area contributed by atoms with E-state index >= 15 is 0 Å². The van der Waals surface area contributed by atoms with Crippen LogP contribution in [-0.2, 0) is 9.63 Å². The molecule has 7 heteroatoms. The maximum Gasteiger partial charge on any atom is 0.348 e. The molecule has 146 valence electrons. The highest BCUT2D eigenvalue weighted by Crippen LogP contribution is 2.27. The number of ether oxygens (including phenoxy) is 1. The first-order chi connectivity index (χ1) is 13.4. The van der Waals surface area contributed by atoms with Crippen molar-refractivity contribution < 1.29 is 23.6 Å². The Morgan fingerprint density at radius 3 is 2.39 bits per heavy atom. The second-order valence-electron chi connectivity index (χ2n) is 6.50. The van der Waals surface area contributed by atoms with Crippen LogP contribution in [0.25, 0.3) is 10.8 Å². The van der Waals surface area contributed by atoms with E-state index in [4.69, 9.17) is 19.7 Å². The van der Waals surface area contributed by atoms with Gasteiger partial charge in [-0.15, -0.1) is 5.06 Å². The average Bonchev–Trinajstić information content (AvgIpc) is 3.24. The predicted molar refractivity (Wildman–Crippen MR) is 104 cm³/mol. The second-order valence-corrected chi connectivity index (χ2v) is 6.50. The molecule has 0 bridgehead atoms. The van der Waals surface area contributed by atoms with Gasteiger partial charge in [-0.25, -0.2) is 9.59 Å². The molecule has 2 amide bonds. The number of amides is 2. The molecule has 0 aliphatic rings. The van der Waals surface area contributed by atoms with Crippen LogP contribution in [0.15, 0.2) is 59.4 Å². The standard InChI is InChI=1S/C21H22N2O5/c1-13(15-4-5-17-11-19(26-3)7-6-16(17)10-15)20(24)28-23(21(22)25)14(2)18-8-9-27-12-18/h4-14H,1-3H3,(H2,22,25)/t13-,14?/m0/s1. The lowest BCUT2D eigenvalue weighted by atomic mass is 9.98. The van der Waals surface area contributed by atoms with Gasteiger partial charge in [0.05, 0.1) is 31.6 Å². The minimum atomic E-state index is -0.861. The Morgan fingerprint density at radius 1 is 1.04 bits per heavy atom. The maximum absolute atomic E-state index is 12.7. The molecule has 2 atom stereocenters. The van der Waals surface area contributed by atoms with Crippen molar-refractivity contribution in [3.05, 3.63) is 66.1 Å². The number of hydrogen-bond donors (Lipinski definition) is 1. The quantitative estimate of drug-likeness (QED) is 0.669. The number of hydrogen-bond acceptors (Lipinski definition) is 5. The van der Waals surface area contributed by atoms with Crippen LogP contribution in [0.4, 0.5) is 4.79 Å². The molecule has 2 N–H and O–H groups in total. The third-order valence-electron chi connectivity index (χ3n) is 4.71. The van der Waals surface area contributed by atoms with Gasteiger partial charge in [-0.05, 0) is 48.4 Å². The molecule has 0 saturated carbocycles. The fraction of sp³-hybridized carbons (Fsp3) is 0.238. The Labute approximate surface area is 162 Å². The number of rotatable bonds is 5. The number of carbonyl (C=O) groups is 2. The van der Waals surface area contributed by atoms with Crippen LogP contribution in [-0.4, -0.2) is 24.2 Å². The van der Waals surface area contributed by atoms with E-state index in [1.807, 2.05) is 36.4 Å². The first kappa shape index (κ1) is 19.3. The molecule has 0 fully saturated rings. The normalized spacial score (nSPS) is 13.0. The summed E-state index contributed by atoms with van der Waals surface area (Å²) in [5.74, 6) is -0.412. The number of benzene rings is 2. The molecule has 0 radical (unpaired) electrons. The first-order valence-corrected chi connectivity index (χ1v) is 8.81. The highest BCUT2D eigenvalue weighted by atomic mass is 16.7. The number of nitrogens with zero attached hydrogens (tertiary/aromatic N) is 1. The van der Waals surface area contributed by atoms with E-state index < -0.39 is 24.0 Å². The number of nitrogens with two attached hydrogens (primary N) is 1. The van der Waals surface area contributed by atoms with E-state index in [2.05, 4.69) is 0 Å². The Hall–Kier alpha value is -3.48. The molecule has 1 unspecified atom stereocenters. The maximum atomic E-state index is 12.7. The fourth-order valence-corrected chi connectivity index (χ4v) is 2.91. The van der Waals surface area contributed by atoms with Crippen molar-refractivity contribution in [3.63, 3.8) is 0 Å². The van der Waals surface area contributed by atoms with Gasteiger partial charge in [0.15, 0.2) is 0 Å². The highest BCUT2D eigenvalue weighted by molar-refractivity contribution is 5.87. The molecule has 0 spiro atoms. The summed E-state index contributed by atoms with van der Waals surface area (Å²) >= 11 is 0. The van der Waals surface area contributed by atoms with E-state index in [9.17, 15) is 9.59 Å². The van der Waals surface area contributed by atoms with Crippen molar-refractivity contribution in [2.75, 3.05) is 7.11 Å². The lowest BCUT2D eigenvalue weighted by Gasteiger charge is -2.26. The van der Waals surface area contributed by atoms with Crippen molar-refractivity contribution in [1.82, 2.24) is 5.06 Å². The zero-order chi connectivity index (χ0) is 20.3. The molecular weight excluding hydrogens is 360 g/mol. The zero-order valence-electron chi connectivity index (χ0n) is 15.9. The van der Waals surface area contributed by atoms with E-state index in [1.165, 1.54) is 12.5 Å². The monoisotopic (exact) mass is 382 g/mol. The molecule has 3 aromatic rings. The van der Waals surface area contributed by atoms with Crippen molar-refractivity contribution >= 4 is 22.8 Å². The van der Waals surface area contributed by atoms with E-state index in [0.29, 0.717) is 5.56 Å². The number of primary amides is 1. The van der Waals surface area contributed by atoms with Crippen molar-refractivity contribution in [1.29, 1.82) is 0 Å². The Balaban J connectivity index is 1.79. The number of methoxy groups -OCH3 is 1. The summed E-state index contributed by atoms with van der Waals surface area (Å²) in [6.07, 6.45) is 2.94. The topological polar surface area (TPSA) is 95.0 Å². The largest absolute Gasteiger partial charge is 0.497 e. The van der Waals surface area contributed by atoms with Gasteiger partial charge < -0.3 is 19.7 Å². The lowest BCUT2D eigenvalue weighted by Crippen LogP contribution is -2.40. The number of hydroxylamine groups is 2. The SMILES string of the molecule is COc1ccc2cc([C@H](C)C(=O)ON(C(N)=O)C(C)c3ccoc3)ccc2c1. The van der Waals surface area contributed by atoms with Gasteiger partial charge >= 0.3 is 12.0 Å². The highest BCUT2D eigenvalue weighted by Gasteiger charge is 2.28. The Morgan fingerprint density at radius 2 is 1.75 bits per heavy atom. The van der Waals surface area contributed by atoms with Crippen molar-refractivity contribution in [2.45, 2.75) is 25.8 Å². The van der Waals surface area contributed by atoms with E-state index in [0.717, 1.165) is 27.1 Å². The van der Waals surface area contributed by atoms with Gasteiger partial charge in [0, 0.05) is 5.56 Å². The Kier molecular flexibility index (Phi) is 5.54. The van der Waals surface area contributed by atoms with Crippen LogP contribution >= 0.6 is 0 Å². The fourth-order valence-electron chi connectivity index (χ4n) is 2.91. The van der Waals surface area contributed by atoms with E-state index in [-0.39, 0.29) is 0 Å². The molecule has 28 heavy (non-hydrogen) atoms. The van der Waals surface area contributed by atoms with Crippen molar-refractivity contribution in [2.24, 2.45) is 5.73 Å². The summed E-state index contributed by atoms with van der Waals surface area (Å²) in [7, 11) is 1.61. The number of carbonyl (C=O) groups excluding carboxylic acids is 2. The summed E-state index contributed by atoms with van der Waals surface area (Å²) in [6.45, 7) is 3.41. The van der Waals surface area contributed by atoms with Gasteiger partial charge in [-0.2, -0.15) is 0 Å². The van der Waals surface area contributed by atoms with Crippen LogP contribution in [0.5, 0.6) is 5.75 Å². The zero-order valence-corrected chi connectivity index (χ0v) is 15.9. The lowest BCUT2D eigenvalue weighted by molar-refractivity contribution is -0.185. The summed E-state index contributed by atoms with van der Waals surface area (Å²) in [6, 6.07) is 11.6. The van der Waals surface area contributed by atoms with Crippen LogP contribution in [0.3, 0.4) is 0 Å². The molecule has 0 aliphatic heterocycles. The van der Waals surface area contributed by atoms with Gasteiger partial charge in [0.1, 0.15) is 5.75 Å². The van der Waals surface area contributed by atoms with Crippen LogP contribution < -0.4 is 10.5 Å². The predicted octanol–water partition coefficient (Wildman–Crippen LogP) is 4.15. The average molecular weight is 382 g/mol. The number of urea groups is 1. The van der Waals surface area contributed by atoms with Crippen LogP contribution in [0.2, 0.25) is 0 Å². The molecule has 0 aliphatic carbocycles.